The van der Waals surface area contributed by atoms with Crippen LogP contribution < -0.4 is 44.2 Å². The molecule has 63 heavy (non-hydrogen) atoms. The predicted octanol–water partition coefficient (Wildman–Crippen LogP) is 1.69. The Bertz CT molecular complexity index is 2560. The number of hydrogen-bond acceptors (Lipinski definition) is 8. The maximum atomic E-state index is 14.7. The van der Waals surface area contributed by atoms with Crippen LogP contribution in [0.4, 0.5) is 0 Å². The molecule has 6 rings (SSSR count). The van der Waals surface area contributed by atoms with E-state index in [4.69, 9.17) is 22.9 Å². The van der Waals surface area contributed by atoms with Crippen LogP contribution >= 0.6 is 0 Å². The van der Waals surface area contributed by atoms with E-state index in [0.29, 0.717) is 36.9 Å². The average Bonchev–Trinajstić information content (AvgIpc) is 4.01. The van der Waals surface area contributed by atoms with E-state index in [1.807, 2.05) is 72.8 Å². The van der Waals surface area contributed by atoms with E-state index in [1.165, 1.54) is 0 Å². The van der Waals surface area contributed by atoms with Crippen molar-refractivity contribution in [3.63, 3.8) is 0 Å². The zero-order valence-electron chi connectivity index (χ0n) is 34.9. The highest BCUT2D eigenvalue weighted by Crippen LogP contribution is 2.23. The van der Waals surface area contributed by atoms with Crippen LogP contribution in [0, 0.1) is 0 Å². The molecule has 0 aliphatic carbocycles. The summed E-state index contributed by atoms with van der Waals surface area (Å²) in [7, 11) is 0. The molecule has 0 fully saturated rings. The first kappa shape index (κ1) is 45.3. The number of H-pyrrole nitrogens is 3. The summed E-state index contributed by atoms with van der Waals surface area (Å²) >= 11 is 0. The number of hydrogen-bond donors (Lipinski definition) is 12. The van der Waals surface area contributed by atoms with Crippen LogP contribution in [0.5, 0.6) is 0 Å². The van der Waals surface area contributed by atoms with E-state index in [-0.39, 0.29) is 44.6 Å². The van der Waals surface area contributed by atoms with Gasteiger partial charge in [-0.25, -0.2) is 4.79 Å². The van der Waals surface area contributed by atoms with E-state index in [2.05, 4.69) is 41.2 Å². The third-order valence-corrected chi connectivity index (χ3v) is 11.1. The second kappa shape index (κ2) is 21.6. The molecule has 0 aliphatic heterocycles. The van der Waals surface area contributed by atoms with Crippen LogP contribution in [-0.2, 0) is 43.2 Å². The normalized spacial score (nSPS) is 13.7. The molecule has 6 aromatic rings. The van der Waals surface area contributed by atoms with Gasteiger partial charge in [0.25, 0.3) is 0 Å². The summed E-state index contributed by atoms with van der Waals surface area (Å²) in [5.41, 5.74) is 27.4. The number of aliphatic carboxylic acids is 1. The average molecular weight is 861 g/mol. The zero-order valence-corrected chi connectivity index (χ0v) is 34.9. The third-order valence-electron chi connectivity index (χ3n) is 11.1. The standard InChI is InChI=1S/C45H56N12O6/c46-18-8-7-13-32(47)40(58)55-37(20-26-23-51-33-14-4-1-10-29(26)33)42(60)57-39(22-28-25-53-35-16-6-3-12-31(28)35)43(61)56-38(21-27-24-52-34-15-5-2-11-30(27)34)41(59)54-36(44(62)63)17-9-19-50-45(48)49/h1-6,10-12,14-16,23-25,32,36-39,51-53H,7-9,13,17-22,46-47H2,(H,54,59)(H,55,58)(H,56,61)(H,57,60)(H,62,63)(H4,48,49,50)/t32-,36-,37-,38-,39-/m0/s1. The summed E-state index contributed by atoms with van der Waals surface area (Å²) in [6.07, 6.45) is 7.18. The number of aromatic amines is 3. The minimum atomic E-state index is -1.33. The third kappa shape index (κ3) is 12.0. The van der Waals surface area contributed by atoms with Gasteiger partial charge in [-0.2, -0.15) is 0 Å². The lowest BCUT2D eigenvalue weighted by Crippen LogP contribution is -2.59. The van der Waals surface area contributed by atoms with Crippen LogP contribution in [-0.4, -0.2) is 98.9 Å². The Hall–Kier alpha value is -7.18. The van der Waals surface area contributed by atoms with Gasteiger partial charge in [-0.3, -0.25) is 24.2 Å². The Kier molecular flexibility index (Phi) is 15.5. The van der Waals surface area contributed by atoms with Crippen molar-refractivity contribution in [2.75, 3.05) is 13.1 Å². The van der Waals surface area contributed by atoms with E-state index >= 15 is 0 Å². The van der Waals surface area contributed by atoms with Crippen molar-refractivity contribution < 1.29 is 29.1 Å². The summed E-state index contributed by atoms with van der Waals surface area (Å²) < 4.78 is 0. The monoisotopic (exact) mass is 860 g/mol. The second-order valence-electron chi connectivity index (χ2n) is 15.6. The number of nitrogens with zero attached hydrogens (tertiary/aromatic N) is 1. The number of carboxylic acid groups (broad SMARTS) is 1. The lowest BCUT2D eigenvalue weighted by Gasteiger charge is -2.26. The van der Waals surface area contributed by atoms with Crippen LogP contribution in [0.25, 0.3) is 32.7 Å². The number of carboxylic acids is 1. The number of aliphatic imine (C=N–C) groups is 1. The van der Waals surface area contributed by atoms with Gasteiger partial charge >= 0.3 is 5.97 Å². The number of amides is 4. The molecule has 0 saturated heterocycles. The number of guanidine groups is 1. The molecule has 0 unspecified atom stereocenters. The Morgan fingerprint density at radius 2 is 0.952 bits per heavy atom. The quantitative estimate of drug-likeness (QED) is 0.0251. The van der Waals surface area contributed by atoms with Gasteiger partial charge in [0.05, 0.1) is 6.04 Å². The highest BCUT2D eigenvalue weighted by atomic mass is 16.4. The number of carbonyl (C=O) groups excluding carboxylic acids is 4. The van der Waals surface area contributed by atoms with Crippen molar-refractivity contribution in [3.05, 3.63) is 108 Å². The topological polar surface area (TPSA) is 318 Å². The van der Waals surface area contributed by atoms with Crippen molar-refractivity contribution in [2.45, 2.75) is 81.6 Å². The Balaban J connectivity index is 1.31. The van der Waals surface area contributed by atoms with Gasteiger partial charge in [0.1, 0.15) is 24.2 Å². The second-order valence-corrected chi connectivity index (χ2v) is 15.6. The van der Waals surface area contributed by atoms with Gasteiger partial charge in [-0.15, -0.1) is 0 Å². The number of nitrogens with one attached hydrogen (secondary N) is 7. The zero-order chi connectivity index (χ0) is 44.9. The van der Waals surface area contributed by atoms with E-state index in [9.17, 15) is 29.1 Å². The molecule has 3 aromatic carbocycles. The molecule has 16 N–H and O–H groups in total. The molecule has 0 bridgehead atoms. The number of carbonyl (C=O) groups is 5. The SMILES string of the molecule is NCCCC[C@H](N)C(=O)N[C@@H](Cc1c[nH]c2ccccc12)C(=O)N[C@@H](Cc1c[nH]c2ccccc12)C(=O)N[C@@H](Cc1c[nH]c2ccccc12)C(=O)N[C@@H](CCCN=C(N)N)C(=O)O. The maximum Gasteiger partial charge on any atom is 0.326 e. The molecule has 0 spiro atoms. The summed E-state index contributed by atoms with van der Waals surface area (Å²) in [6, 6.07) is 16.5. The molecule has 18 nitrogen and oxygen atoms in total. The number of nitrogens with two attached hydrogens (primary N) is 4. The maximum absolute atomic E-state index is 14.7. The van der Waals surface area contributed by atoms with E-state index in [1.54, 1.807) is 18.6 Å². The van der Waals surface area contributed by atoms with Crippen LogP contribution in [0.1, 0.15) is 48.8 Å². The van der Waals surface area contributed by atoms with Gasteiger partial charge < -0.3 is 64.3 Å². The number of fused-ring (bicyclic) bond motifs is 3. The highest BCUT2D eigenvalue weighted by Gasteiger charge is 2.33. The first-order valence-corrected chi connectivity index (χ1v) is 21.0. The molecule has 18 heteroatoms. The van der Waals surface area contributed by atoms with Gasteiger partial charge in [0, 0.05) is 77.1 Å². The molecule has 0 radical (unpaired) electrons. The van der Waals surface area contributed by atoms with Crippen molar-refractivity contribution >= 4 is 68.3 Å². The number of unbranched alkanes of at least 4 members (excludes halogenated alkanes) is 1. The summed E-state index contributed by atoms with van der Waals surface area (Å²) in [5, 5.41) is 23.7. The number of rotatable bonds is 23. The summed E-state index contributed by atoms with van der Waals surface area (Å²) in [4.78, 5) is 82.9. The van der Waals surface area contributed by atoms with E-state index in [0.717, 1.165) is 38.3 Å². The molecule has 0 saturated carbocycles. The van der Waals surface area contributed by atoms with Crippen molar-refractivity contribution in [1.82, 2.24) is 36.2 Å². The highest BCUT2D eigenvalue weighted by molar-refractivity contribution is 5.97. The van der Waals surface area contributed by atoms with E-state index < -0.39 is 59.8 Å². The van der Waals surface area contributed by atoms with Crippen molar-refractivity contribution in [2.24, 2.45) is 27.9 Å². The van der Waals surface area contributed by atoms with Crippen molar-refractivity contribution in [3.8, 4) is 0 Å². The number of para-hydroxylation sites is 3. The molecule has 4 amide bonds. The first-order valence-electron chi connectivity index (χ1n) is 21.0. The fourth-order valence-corrected chi connectivity index (χ4v) is 7.69. The molecular weight excluding hydrogens is 805 g/mol. The number of benzene rings is 3. The van der Waals surface area contributed by atoms with Gasteiger partial charge in [-0.05, 0) is 67.1 Å². The molecule has 0 aliphatic rings. The summed E-state index contributed by atoms with van der Waals surface area (Å²) in [6.45, 7) is 0.597. The van der Waals surface area contributed by atoms with Crippen LogP contribution in [0.2, 0.25) is 0 Å². The molecule has 3 heterocycles. The van der Waals surface area contributed by atoms with Gasteiger partial charge in [0.2, 0.25) is 23.6 Å². The first-order chi connectivity index (χ1) is 30.4. The van der Waals surface area contributed by atoms with Gasteiger partial charge in [-0.1, -0.05) is 61.0 Å². The fourth-order valence-electron chi connectivity index (χ4n) is 7.69. The molecule has 3 aromatic heterocycles. The molecule has 5 atom stereocenters. The largest absolute Gasteiger partial charge is 0.480 e. The minimum Gasteiger partial charge on any atom is -0.480 e. The summed E-state index contributed by atoms with van der Waals surface area (Å²) in [5.74, 6) is -4.09. The predicted molar refractivity (Wildman–Crippen MR) is 242 cm³/mol. The van der Waals surface area contributed by atoms with Crippen molar-refractivity contribution in [1.29, 1.82) is 0 Å². The Morgan fingerprint density at radius 1 is 0.556 bits per heavy atom. The Morgan fingerprint density at radius 3 is 1.35 bits per heavy atom. The smallest absolute Gasteiger partial charge is 0.326 e. The lowest BCUT2D eigenvalue weighted by molar-refractivity contribution is -0.142. The van der Waals surface area contributed by atoms with Gasteiger partial charge in [0.15, 0.2) is 5.96 Å². The molecule has 332 valence electrons. The lowest BCUT2D eigenvalue weighted by atomic mass is 9.99. The number of aromatic nitrogens is 3. The molecular formula is C45H56N12O6. The van der Waals surface area contributed by atoms with Crippen LogP contribution in [0.15, 0.2) is 96.4 Å². The van der Waals surface area contributed by atoms with Crippen LogP contribution in [0.3, 0.4) is 0 Å². The Labute approximate surface area is 363 Å². The fraction of sp³-hybridized carbons (Fsp3) is 0.333. The minimum absolute atomic E-state index is 0.00503.